The molecule has 5 nitrogen and oxygen atoms in total. The molecule has 1 heterocycles. The lowest BCUT2D eigenvalue weighted by Gasteiger charge is -2.25. The highest BCUT2D eigenvalue weighted by Gasteiger charge is 2.39. The van der Waals surface area contributed by atoms with Crippen LogP contribution in [-0.2, 0) is 4.79 Å². The van der Waals surface area contributed by atoms with Gasteiger partial charge in [-0.3, -0.25) is 4.79 Å². The summed E-state index contributed by atoms with van der Waals surface area (Å²) in [6, 6.07) is 4.75. The van der Waals surface area contributed by atoms with E-state index in [1.165, 1.54) is 11.8 Å². The number of carbonyl (C=O) groups is 2. The zero-order chi connectivity index (χ0) is 16.0. The first-order valence-electron chi connectivity index (χ1n) is 7.44. The maximum Gasteiger partial charge on any atom is 0.326 e. The molecule has 1 atom stereocenters. The minimum Gasteiger partial charge on any atom is -0.480 e. The molecule has 22 heavy (non-hydrogen) atoms. The zero-order valence-electron chi connectivity index (χ0n) is 12.9. The van der Waals surface area contributed by atoms with Crippen molar-refractivity contribution in [1.29, 1.82) is 0 Å². The highest BCUT2D eigenvalue weighted by Crippen LogP contribution is 2.32. The van der Waals surface area contributed by atoms with Crippen molar-refractivity contribution < 1.29 is 19.1 Å². The SMILES string of the molecule is Cc1cc2cc(C(=O)N(C3CC3)C(C)C(=O)O)oc2cc1C. The molecule has 1 aromatic carbocycles. The first-order valence-corrected chi connectivity index (χ1v) is 7.44. The molecule has 0 bridgehead atoms. The summed E-state index contributed by atoms with van der Waals surface area (Å²) in [5.74, 6) is -1.13. The van der Waals surface area contributed by atoms with Crippen LogP contribution in [0.25, 0.3) is 11.0 Å². The molecule has 1 amide bonds. The fraction of sp³-hybridized carbons (Fsp3) is 0.412. The van der Waals surface area contributed by atoms with Crippen molar-refractivity contribution in [2.24, 2.45) is 0 Å². The van der Waals surface area contributed by atoms with Gasteiger partial charge in [-0.25, -0.2) is 4.79 Å². The van der Waals surface area contributed by atoms with E-state index in [-0.39, 0.29) is 17.7 Å². The molecule has 1 aliphatic carbocycles. The van der Waals surface area contributed by atoms with Crippen LogP contribution in [-0.4, -0.2) is 34.0 Å². The van der Waals surface area contributed by atoms with Crippen LogP contribution >= 0.6 is 0 Å². The van der Waals surface area contributed by atoms with E-state index in [0.29, 0.717) is 5.58 Å². The van der Waals surface area contributed by atoms with Crippen LogP contribution in [0.2, 0.25) is 0 Å². The Labute approximate surface area is 128 Å². The predicted octanol–water partition coefficient (Wildman–Crippen LogP) is 3.13. The summed E-state index contributed by atoms with van der Waals surface area (Å²) in [5, 5.41) is 10.1. The van der Waals surface area contributed by atoms with Crippen LogP contribution in [0.15, 0.2) is 22.6 Å². The van der Waals surface area contributed by atoms with E-state index in [1.54, 1.807) is 6.07 Å². The fourth-order valence-corrected chi connectivity index (χ4v) is 2.66. The van der Waals surface area contributed by atoms with E-state index in [0.717, 1.165) is 29.4 Å². The second-order valence-corrected chi connectivity index (χ2v) is 6.04. The molecular formula is C17H19NO4. The monoisotopic (exact) mass is 301 g/mol. The molecule has 0 aliphatic heterocycles. The van der Waals surface area contributed by atoms with Crippen molar-refractivity contribution in [1.82, 2.24) is 4.90 Å². The number of carbonyl (C=O) groups excluding carboxylic acids is 1. The fourth-order valence-electron chi connectivity index (χ4n) is 2.66. The number of aryl methyl sites for hydroxylation is 2. The summed E-state index contributed by atoms with van der Waals surface area (Å²) in [6.07, 6.45) is 1.70. The first-order chi connectivity index (χ1) is 10.4. The van der Waals surface area contributed by atoms with Gasteiger partial charge < -0.3 is 14.4 Å². The third kappa shape index (κ3) is 2.47. The van der Waals surface area contributed by atoms with Crippen LogP contribution in [0, 0.1) is 13.8 Å². The topological polar surface area (TPSA) is 70.8 Å². The van der Waals surface area contributed by atoms with Crippen LogP contribution in [0.4, 0.5) is 0 Å². The molecule has 3 rings (SSSR count). The number of amides is 1. The Balaban J connectivity index is 1.98. The lowest BCUT2D eigenvalue weighted by Crippen LogP contribution is -2.44. The summed E-state index contributed by atoms with van der Waals surface area (Å²) in [4.78, 5) is 25.4. The Kier molecular flexibility index (Phi) is 3.43. The lowest BCUT2D eigenvalue weighted by molar-refractivity contribution is -0.141. The summed E-state index contributed by atoms with van der Waals surface area (Å²) in [5.41, 5.74) is 2.88. The van der Waals surface area contributed by atoms with E-state index < -0.39 is 12.0 Å². The maximum absolute atomic E-state index is 12.7. The second kappa shape index (κ2) is 5.16. The minimum atomic E-state index is -0.997. The summed E-state index contributed by atoms with van der Waals surface area (Å²) in [7, 11) is 0. The first kappa shape index (κ1) is 14.6. The number of hydrogen-bond donors (Lipinski definition) is 1. The van der Waals surface area contributed by atoms with Gasteiger partial charge in [0.1, 0.15) is 11.6 Å². The molecular weight excluding hydrogens is 282 g/mol. The second-order valence-electron chi connectivity index (χ2n) is 6.04. The molecule has 1 aliphatic rings. The van der Waals surface area contributed by atoms with Crippen molar-refractivity contribution in [2.75, 3.05) is 0 Å². The Morgan fingerprint density at radius 3 is 2.45 bits per heavy atom. The number of carboxylic acids is 1. The number of benzene rings is 1. The number of aliphatic carboxylic acids is 1. The minimum absolute atomic E-state index is 0.00952. The molecule has 0 saturated heterocycles. The maximum atomic E-state index is 12.7. The predicted molar refractivity (Wildman–Crippen MR) is 82.0 cm³/mol. The molecule has 116 valence electrons. The molecule has 2 aromatic rings. The smallest absolute Gasteiger partial charge is 0.326 e. The van der Waals surface area contributed by atoms with Gasteiger partial charge >= 0.3 is 5.97 Å². The molecule has 5 heteroatoms. The van der Waals surface area contributed by atoms with Gasteiger partial charge in [0.15, 0.2) is 5.76 Å². The van der Waals surface area contributed by atoms with E-state index in [4.69, 9.17) is 4.42 Å². The number of furan rings is 1. The Morgan fingerprint density at radius 1 is 1.23 bits per heavy atom. The van der Waals surface area contributed by atoms with Crippen molar-refractivity contribution >= 4 is 22.8 Å². The van der Waals surface area contributed by atoms with Crippen LogP contribution in [0.3, 0.4) is 0 Å². The largest absolute Gasteiger partial charge is 0.480 e. The van der Waals surface area contributed by atoms with Crippen molar-refractivity contribution in [2.45, 2.75) is 45.7 Å². The Bertz CT molecular complexity index is 718. The molecule has 0 radical (unpaired) electrons. The number of fused-ring (bicyclic) bond motifs is 1. The molecule has 1 fully saturated rings. The van der Waals surface area contributed by atoms with E-state index in [1.807, 2.05) is 26.0 Å². The van der Waals surface area contributed by atoms with Gasteiger partial charge in [0.2, 0.25) is 0 Å². The number of hydrogen-bond acceptors (Lipinski definition) is 3. The van der Waals surface area contributed by atoms with E-state index in [2.05, 4.69) is 0 Å². The summed E-state index contributed by atoms with van der Waals surface area (Å²) in [6.45, 7) is 5.53. The Morgan fingerprint density at radius 2 is 1.86 bits per heavy atom. The standard InChI is InChI=1S/C17H19NO4/c1-9-6-12-8-15(22-14(12)7-10(9)2)16(19)18(13-4-5-13)11(3)17(20)21/h6-8,11,13H,4-5H2,1-3H3,(H,20,21). The van der Waals surface area contributed by atoms with Crippen molar-refractivity contribution in [3.8, 4) is 0 Å². The van der Waals surface area contributed by atoms with Gasteiger partial charge in [0.05, 0.1) is 0 Å². The normalized spacial score (nSPS) is 15.8. The average Bonchev–Trinajstić information content (AvgIpc) is 3.20. The van der Waals surface area contributed by atoms with Crippen LogP contribution in [0.1, 0.15) is 41.4 Å². The van der Waals surface area contributed by atoms with E-state index in [9.17, 15) is 14.7 Å². The molecule has 0 spiro atoms. The quantitative estimate of drug-likeness (QED) is 0.942. The average molecular weight is 301 g/mol. The lowest BCUT2D eigenvalue weighted by atomic mass is 10.1. The summed E-state index contributed by atoms with van der Waals surface area (Å²) >= 11 is 0. The van der Waals surface area contributed by atoms with Gasteiger partial charge in [0, 0.05) is 11.4 Å². The van der Waals surface area contributed by atoms with Crippen molar-refractivity contribution in [3.05, 3.63) is 35.1 Å². The third-order valence-electron chi connectivity index (χ3n) is 4.29. The molecule has 1 aromatic heterocycles. The molecule has 1 unspecified atom stereocenters. The highest BCUT2D eigenvalue weighted by atomic mass is 16.4. The van der Waals surface area contributed by atoms with Gasteiger partial charge in [0.25, 0.3) is 5.91 Å². The van der Waals surface area contributed by atoms with Gasteiger partial charge in [-0.05, 0) is 62.9 Å². The zero-order valence-corrected chi connectivity index (χ0v) is 12.9. The van der Waals surface area contributed by atoms with Gasteiger partial charge in [-0.2, -0.15) is 0 Å². The third-order valence-corrected chi connectivity index (χ3v) is 4.29. The van der Waals surface area contributed by atoms with Gasteiger partial charge in [-0.1, -0.05) is 0 Å². The summed E-state index contributed by atoms with van der Waals surface area (Å²) < 4.78 is 5.67. The van der Waals surface area contributed by atoms with E-state index >= 15 is 0 Å². The number of nitrogens with zero attached hydrogens (tertiary/aromatic N) is 1. The number of carboxylic acid groups (broad SMARTS) is 1. The highest BCUT2D eigenvalue weighted by molar-refractivity contribution is 5.98. The van der Waals surface area contributed by atoms with Crippen LogP contribution < -0.4 is 0 Å². The van der Waals surface area contributed by atoms with Crippen LogP contribution in [0.5, 0.6) is 0 Å². The molecule has 1 N–H and O–H groups in total. The Hall–Kier alpha value is -2.30. The van der Waals surface area contributed by atoms with Gasteiger partial charge in [-0.15, -0.1) is 0 Å². The number of rotatable bonds is 4. The molecule has 1 saturated carbocycles. The van der Waals surface area contributed by atoms with Crippen molar-refractivity contribution in [3.63, 3.8) is 0 Å².